The second-order valence-electron chi connectivity index (χ2n) is 1.29. The summed E-state index contributed by atoms with van der Waals surface area (Å²) in [6.45, 7) is 4.36. The molecule has 0 spiro atoms. The SMILES string of the molecule is CCCC.N[P+](=O)[O-]. The average molecular weight is 137 g/mol. The van der Waals surface area contributed by atoms with Crippen molar-refractivity contribution < 1.29 is 9.46 Å². The molecular formula is C4H12NO2P. The van der Waals surface area contributed by atoms with Crippen molar-refractivity contribution in [2.24, 2.45) is 5.50 Å². The third-order valence-corrected chi connectivity index (χ3v) is 0.500. The van der Waals surface area contributed by atoms with Crippen LogP contribution < -0.4 is 10.4 Å². The Labute approximate surface area is 50.8 Å². The van der Waals surface area contributed by atoms with Crippen molar-refractivity contribution in [3.63, 3.8) is 0 Å². The molecule has 3 nitrogen and oxygen atoms in total. The Morgan fingerprint density at radius 2 is 1.62 bits per heavy atom. The molecule has 0 radical (unpaired) electrons. The Balaban J connectivity index is 0. The van der Waals surface area contributed by atoms with Crippen LogP contribution in [0.5, 0.6) is 0 Å². The molecule has 0 aromatic rings. The molecule has 2 N–H and O–H groups in total. The molecular weight excluding hydrogens is 125 g/mol. The maximum atomic E-state index is 8.81. The van der Waals surface area contributed by atoms with Crippen molar-refractivity contribution in [2.45, 2.75) is 26.7 Å². The zero-order valence-corrected chi connectivity index (χ0v) is 6.15. The summed E-state index contributed by atoms with van der Waals surface area (Å²) >= 11 is 0. The van der Waals surface area contributed by atoms with Crippen molar-refractivity contribution in [1.29, 1.82) is 0 Å². The highest BCUT2D eigenvalue weighted by molar-refractivity contribution is 7.33. The summed E-state index contributed by atoms with van der Waals surface area (Å²) in [5, 5.41) is 0. The van der Waals surface area contributed by atoms with Gasteiger partial charge >= 0.3 is 8.18 Å². The van der Waals surface area contributed by atoms with E-state index < -0.39 is 8.18 Å². The van der Waals surface area contributed by atoms with Crippen LogP contribution in [0.4, 0.5) is 0 Å². The molecule has 8 heavy (non-hydrogen) atoms. The molecule has 0 aliphatic heterocycles. The van der Waals surface area contributed by atoms with Crippen LogP contribution in [0.3, 0.4) is 0 Å². The van der Waals surface area contributed by atoms with Crippen LogP contribution in [-0.4, -0.2) is 0 Å². The summed E-state index contributed by atoms with van der Waals surface area (Å²) in [6, 6.07) is 0. The van der Waals surface area contributed by atoms with E-state index in [-0.39, 0.29) is 0 Å². The second kappa shape index (κ2) is 10.1. The standard InChI is InChI=1S/C4H10.H2NO2P/c1-3-4-2;1-4(2)3/h3-4H2,1-2H3;(H2,1,2,3). The molecule has 1 atom stereocenters. The van der Waals surface area contributed by atoms with Gasteiger partial charge in [-0.15, -0.1) is 5.50 Å². The van der Waals surface area contributed by atoms with E-state index >= 15 is 0 Å². The van der Waals surface area contributed by atoms with Crippen molar-refractivity contribution in [3.8, 4) is 0 Å². The van der Waals surface area contributed by atoms with Gasteiger partial charge in [-0.05, 0) is 0 Å². The molecule has 0 bridgehead atoms. The van der Waals surface area contributed by atoms with Crippen LogP contribution in [0.15, 0.2) is 0 Å². The highest BCUT2D eigenvalue weighted by Crippen LogP contribution is 1.81. The predicted octanol–water partition coefficient (Wildman–Crippen LogP) is 0.769. The number of unbranched alkanes of at least 4 members (excludes halogenated alkanes) is 1. The monoisotopic (exact) mass is 137 g/mol. The van der Waals surface area contributed by atoms with E-state index in [1.54, 1.807) is 0 Å². The summed E-state index contributed by atoms with van der Waals surface area (Å²) in [4.78, 5) is 8.81. The minimum Gasteiger partial charge on any atom is -0.578 e. The van der Waals surface area contributed by atoms with E-state index in [0.29, 0.717) is 0 Å². The first-order chi connectivity index (χ1) is 3.65. The molecule has 50 valence electrons. The number of rotatable bonds is 1. The Morgan fingerprint density at radius 3 is 1.62 bits per heavy atom. The minimum atomic E-state index is -2.62. The minimum absolute atomic E-state index is 1.32. The molecule has 0 heterocycles. The van der Waals surface area contributed by atoms with E-state index in [1.807, 2.05) is 0 Å². The summed E-state index contributed by atoms with van der Waals surface area (Å²) < 4.78 is 8.81. The van der Waals surface area contributed by atoms with Crippen molar-refractivity contribution in [3.05, 3.63) is 0 Å². The van der Waals surface area contributed by atoms with Gasteiger partial charge in [-0.3, -0.25) is 0 Å². The summed E-state index contributed by atoms with van der Waals surface area (Å²) in [5.74, 6) is 0. The molecule has 0 aliphatic rings. The van der Waals surface area contributed by atoms with E-state index in [4.69, 9.17) is 9.46 Å². The largest absolute Gasteiger partial charge is 0.578 e. The third kappa shape index (κ3) is 146. The first-order valence-electron chi connectivity index (χ1n) is 2.54. The first kappa shape index (κ1) is 10.9. The predicted molar refractivity (Wildman–Crippen MR) is 32.4 cm³/mol. The second-order valence-corrected chi connectivity index (χ2v) is 1.86. The lowest BCUT2D eigenvalue weighted by molar-refractivity contribution is -0.164. The topological polar surface area (TPSA) is 66.2 Å². The van der Waals surface area contributed by atoms with Gasteiger partial charge in [0.25, 0.3) is 0 Å². The van der Waals surface area contributed by atoms with Gasteiger partial charge in [-0.2, -0.15) is 0 Å². The Kier molecular flexibility index (Phi) is 13.8. The van der Waals surface area contributed by atoms with Gasteiger partial charge < -0.3 is 4.89 Å². The van der Waals surface area contributed by atoms with Gasteiger partial charge in [0.1, 0.15) is 0 Å². The fourth-order valence-electron chi connectivity index (χ4n) is 0. The fourth-order valence-corrected chi connectivity index (χ4v) is 0. The summed E-state index contributed by atoms with van der Waals surface area (Å²) in [5.41, 5.74) is 4.06. The molecule has 0 aromatic heterocycles. The zero-order chi connectivity index (χ0) is 6.99. The smallest absolute Gasteiger partial charge is 0.405 e. The van der Waals surface area contributed by atoms with E-state index in [9.17, 15) is 0 Å². The van der Waals surface area contributed by atoms with Crippen molar-refractivity contribution in [2.75, 3.05) is 0 Å². The Bertz CT molecular complexity index is 52.0. The lowest BCUT2D eigenvalue weighted by Crippen LogP contribution is -1.91. The summed E-state index contributed by atoms with van der Waals surface area (Å²) in [6.07, 6.45) is 2.64. The number of nitrogens with two attached hydrogens (primary N) is 1. The highest BCUT2D eigenvalue weighted by Gasteiger charge is 1.69. The Hall–Kier alpha value is 0.0200. The fraction of sp³-hybridized carbons (Fsp3) is 1.00. The molecule has 1 unspecified atom stereocenters. The molecule has 0 amide bonds. The first-order valence-corrected chi connectivity index (χ1v) is 3.78. The van der Waals surface area contributed by atoms with Crippen LogP contribution in [0.25, 0.3) is 0 Å². The molecule has 4 heteroatoms. The number of hydrogen-bond acceptors (Lipinski definition) is 2. The van der Waals surface area contributed by atoms with Crippen LogP contribution >= 0.6 is 8.18 Å². The normalized spacial score (nSPS) is 9.25. The molecule has 0 saturated heterocycles. The van der Waals surface area contributed by atoms with Gasteiger partial charge in [-0.1, -0.05) is 31.3 Å². The molecule has 0 fully saturated rings. The van der Waals surface area contributed by atoms with Gasteiger partial charge in [0, 0.05) is 0 Å². The third-order valence-electron chi connectivity index (χ3n) is 0.500. The molecule has 0 aliphatic carbocycles. The molecule has 0 aromatic carbocycles. The van der Waals surface area contributed by atoms with Crippen LogP contribution in [-0.2, 0) is 4.57 Å². The van der Waals surface area contributed by atoms with Gasteiger partial charge in [-0.25, -0.2) is 0 Å². The average Bonchev–Trinajstić information content (AvgIpc) is 1.65. The zero-order valence-electron chi connectivity index (χ0n) is 5.26. The summed E-state index contributed by atoms with van der Waals surface area (Å²) in [7, 11) is -2.62. The number of hydrogen-bond donors (Lipinski definition) is 1. The van der Waals surface area contributed by atoms with Crippen LogP contribution in [0.1, 0.15) is 26.7 Å². The van der Waals surface area contributed by atoms with Crippen molar-refractivity contribution in [1.82, 2.24) is 0 Å². The lowest BCUT2D eigenvalue weighted by atomic mass is 10.4. The van der Waals surface area contributed by atoms with Crippen LogP contribution in [0, 0.1) is 0 Å². The van der Waals surface area contributed by atoms with Gasteiger partial charge in [0.15, 0.2) is 0 Å². The molecule has 0 saturated carbocycles. The molecule has 0 rings (SSSR count). The van der Waals surface area contributed by atoms with Gasteiger partial charge in [0.05, 0.1) is 0 Å². The Morgan fingerprint density at radius 1 is 1.50 bits per heavy atom. The van der Waals surface area contributed by atoms with Gasteiger partial charge in [0.2, 0.25) is 0 Å². The maximum absolute atomic E-state index is 8.81. The van der Waals surface area contributed by atoms with Crippen LogP contribution in [0.2, 0.25) is 0 Å². The van der Waals surface area contributed by atoms with E-state index in [0.717, 1.165) is 0 Å². The maximum Gasteiger partial charge on any atom is 0.405 e. The highest BCUT2D eigenvalue weighted by atomic mass is 31.1. The van der Waals surface area contributed by atoms with Crippen molar-refractivity contribution >= 4 is 8.18 Å². The van der Waals surface area contributed by atoms with E-state index in [2.05, 4.69) is 19.4 Å². The lowest BCUT2D eigenvalue weighted by Gasteiger charge is -1.68. The quantitative estimate of drug-likeness (QED) is 0.543. The van der Waals surface area contributed by atoms with E-state index in [1.165, 1.54) is 12.8 Å².